The third kappa shape index (κ3) is 8.22. The molecule has 0 aliphatic heterocycles. The molecular formula is C35H67N3O5S. The van der Waals surface area contributed by atoms with Gasteiger partial charge in [0, 0.05) is 6.04 Å². The summed E-state index contributed by atoms with van der Waals surface area (Å²) >= 11 is 0. The number of nitrogens with one attached hydrogen (secondary N) is 2. The van der Waals surface area contributed by atoms with E-state index in [1.54, 1.807) is 0 Å². The summed E-state index contributed by atoms with van der Waals surface area (Å²) in [5.74, 6) is 3.87. The van der Waals surface area contributed by atoms with E-state index in [9.17, 15) is 18.1 Å². The normalized spacial score (nSPS) is 40.3. The zero-order valence-electron chi connectivity index (χ0n) is 28.8. The molecule has 0 heterocycles. The molecule has 4 rings (SSSR count). The Bertz CT molecular complexity index is 1010. The van der Waals surface area contributed by atoms with E-state index in [4.69, 9.17) is 9.92 Å². The molecule has 4 aliphatic carbocycles. The number of unbranched alkanes of at least 4 members (excludes halogenated alkanes) is 1. The van der Waals surface area contributed by atoms with E-state index in [1.165, 1.54) is 38.5 Å². The summed E-state index contributed by atoms with van der Waals surface area (Å²) in [6.45, 7) is 17.7. The number of rotatable bonds is 16. The molecule has 12 atom stereocenters. The van der Waals surface area contributed by atoms with Crippen LogP contribution in [0.4, 0.5) is 0 Å². The molecule has 8 nitrogen and oxygen atoms in total. The Morgan fingerprint density at radius 2 is 1.70 bits per heavy atom. The molecule has 0 saturated heterocycles. The highest BCUT2D eigenvalue weighted by molar-refractivity contribution is 7.80. The lowest BCUT2D eigenvalue weighted by molar-refractivity contribution is -0.198. The van der Waals surface area contributed by atoms with Crippen LogP contribution in [0, 0.1) is 58.2 Å². The summed E-state index contributed by atoms with van der Waals surface area (Å²) < 4.78 is 37.2. The molecule has 0 aromatic heterocycles. The first kappa shape index (κ1) is 36.5. The fourth-order valence-corrected chi connectivity index (χ4v) is 11.6. The van der Waals surface area contributed by atoms with E-state index in [0.717, 1.165) is 58.3 Å². The Morgan fingerprint density at radius 1 is 0.977 bits per heavy atom. The van der Waals surface area contributed by atoms with Crippen LogP contribution < -0.4 is 16.4 Å². The van der Waals surface area contributed by atoms with Gasteiger partial charge in [-0.05, 0) is 161 Å². The van der Waals surface area contributed by atoms with Gasteiger partial charge in [0.05, 0.1) is 12.2 Å². The van der Waals surface area contributed by atoms with Crippen molar-refractivity contribution < 1.29 is 22.3 Å². The van der Waals surface area contributed by atoms with Gasteiger partial charge in [0.25, 0.3) is 0 Å². The van der Waals surface area contributed by atoms with Crippen molar-refractivity contribution in [1.82, 2.24) is 10.6 Å². The van der Waals surface area contributed by atoms with Gasteiger partial charge in [-0.25, -0.2) is 4.18 Å². The number of aliphatic hydroxyl groups excluding tert-OH is 1. The van der Waals surface area contributed by atoms with Crippen LogP contribution in [-0.2, 0) is 14.6 Å². The highest BCUT2D eigenvalue weighted by Crippen LogP contribution is 2.69. The Labute approximate surface area is 269 Å². The Morgan fingerprint density at radius 3 is 2.39 bits per heavy atom. The first-order chi connectivity index (χ1) is 20.7. The van der Waals surface area contributed by atoms with Crippen molar-refractivity contribution in [2.24, 2.45) is 63.9 Å². The van der Waals surface area contributed by atoms with Crippen molar-refractivity contribution in [1.29, 1.82) is 0 Å². The van der Waals surface area contributed by atoms with Gasteiger partial charge < -0.3 is 21.5 Å². The lowest BCUT2D eigenvalue weighted by atomic mass is 9.40. The van der Waals surface area contributed by atoms with E-state index in [1.807, 2.05) is 13.8 Å². The summed E-state index contributed by atoms with van der Waals surface area (Å²) in [5.41, 5.74) is 6.01. The third-order valence-corrected chi connectivity index (χ3v) is 14.0. The van der Waals surface area contributed by atoms with Gasteiger partial charge in [0.2, 0.25) is 0 Å². The molecule has 0 radical (unpaired) electrons. The van der Waals surface area contributed by atoms with Crippen LogP contribution >= 0.6 is 0 Å². The number of hydrogen-bond donors (Lipinski definition) is 5. The second kappa shape index (κ2) is 15.3. The fraction of sp³-hybridized carbons (Fsp3) is 1.00. The van der Waals surface area contributed by atoms with Gasteiger partial charge in [-0.15, -0.1) is 0 Å². The zero-order chi connectivity index (χ0) is 32.3. The number of aliphatic hydroxyl groups is 1. The zero-order valence-corrected chi connectivity index (χ0v) is 29.6. The Balaban J connectivity index is 1.35. The molecular weight excluding hydrogens is 574 g/mol. The highest BCUT2D eigenvalue weighted by Gasteiger charge is 2.64. The van der Waals surface area contributed by atoms with Crippen molar-refractivity contribution in [2.45, 2.75) is 137 Å². The standard InChI is InChI=1S/C35H67N3O5S/c1-23(2)31(43-44(40,41)42)13-10-24(3)27-11-12-28-32(27)25(4)20-29-33(28)30(39)22-34(5)21-26(14-15-35(29,34)6)38-19-9-18-37-17-8-7-16-36/h23-33,37-39H,7-22,36H2,1-6H3,(H,40,41,42)/t24-,25+,26-,27?,28?,29?,30+,31?,32?,33?,34+,35+/m0/s1. The minimum absolute atomic E-state index is 0.0149. The van der Waals surface area contributed by atoms with Crippen LogP contribution in [0.2, 0.25) is 0 Å². The van der Waals surface area contributed by atoms with Crippen LogP contribution in [0.5, 0.6) is 0 Å². The van der Waals surface area contributed by atoms with Crippen molar-refractivity contribution in [3.8, 4) is 0 Å². The SMILES string of the molecule is CC(C)C(CC[C@H](C)C1CCC2C1[C@H](C)CC1C2[C@H](O)C[C@@]2(C)C[C@@H](NCCCNCCCCN)CC[C@]12C)OS(=O)(=O)O. The lowest BCUT2D eigenvalue weighted by Gasteiger charge is -2.66. The summed E-state index contributed by atoms with van der Waals surface area (Å²) in [6, 6.07) is 0.541. The minimum Gasteiger partial charge on any atom is -0.393 e. The van der Waals surface area contributed by atoms with Crippen LogP contribution in [0.3, 0.4) is 0 Å². The third-order valence-electron chi connectivity index (χ3n) is 13.5. The quantitative estimate of drug-likeness (QED) is 0.106. The van der Waals surface area contributed by atoms with Crippen molar-refractivity contribution >= 4 is 10.4 Å². The van der Waals surface area contributed by atoms with Crippen LogP contribution in [0.15, 0.2) is 0 Å². The molecule has 0 bridgehead atoms. The maximum Gasteiger partial charge on any atom is 0.397 e. The Kier molecular flexibility index (Phi) is 12.7. The molecule has 4 aliphatic rings. The molecule has 9 heteroatoms. The lowest BCUT2D eigenvalue weighted by Crippen LogP contribution is -2.63. The van der Waals surface area contributed by atoms with E-state index in [-0.39, 0.29) is 22.9 Å². The maximum absolute atomic E-state index is 11.9. The van der Waals surface area contributed by atoms with E-state index < -0.39 is 16.5 Å². The first-order valence-corrected chi connectivity index (χ1v) is 19.5. The molecule has 0 aromatic carbocycles. The fourth-order valence-electron chi connectivity index (χ4n) is 11.0. The molecule has 0 amide bonds. The summed E-state index contributed by atoms with van der Waals surface area (Å²) in [7, 11) is -4.46. The molecule has 6 N–H and O–H groups in total. The van der Waals surface area contributed by atoms with Crippen LogP contribution in [0.1, 0.15) is 119 Å². The minimum atomic E-state index is -4.46. The molecule has 4 saturated carbocycles. The Hall–Kier alpha value is -0.290. The number of fused-ring (bicyclic) bond motifs is 5. The van der Waals surface area contributed by atoms with Crippen molar-refractivity contribution in [3.63, 3.8) is 0 Å². The average molecular weight is 642 g/mol. The topological polar surface area (TPSA) is 134 Å². The van der Waals surface area contributed by atoms with E-state index >= 15 is 0 Å². The molecule has 6 unspecified atom stereocenters. The van der Waals surface area contributed by atoms with Gasteiger partial charge in [0.1, 0.15) is 0 Å². The van der Waals surface area contributed by atoms with Crippen molar-refractivity contribution in [3.05, 3.63) is 0 Å². The maximum atomic E-state index is 11.9. The summed E-state index contributed by atoms with van der Waals surface area (Å²) in [6.07, 6.45) is 12.4. The second-order valence-corrected chi connectivity index (χ2v) is 17.5. The average Bonchev–Trinajstić information content (AvgIpc) is 3.39. The molecule has 0 aromatic rings. The molecule has 4 fully saturated rings. The van der Waals surface area contributed by atoms with E-state index in [2.05, 4.69) is 38.3 Å². The van der Waals surface area contributed by atoms with Crippen LogP contribution in [-0.4, -0.2) is 62.5 Å². The van der Waals surface area contributed by atoms with E-state index in [0.29, 0.717) is 53.9 Å². The first-order valence-electron chi connectivity index (χ1n) is 18.2. The molecule has 258 valence electrons. The summed E-state index contributed by atoms with van der Waals surface area (Å²) in [4.78, 5) is 0. The van der Waals surface area contributed by atoms with Gasteiger partial charge >= 0.3 is 10.4 Å². The van der Waals surface area contributed by atoms with Gasteiger partial charge in [-0.2, -0.15) is 8.42 Å². The number of hydrogen-bond acceptors (Lipinski definition) is 7. The van der Waals surface area contributed by atoms with Crippen molar-refractivity contribution in [2.75, 3.05) is 26.2 Å². The smallest absolute Gasteiger partial charge is 0.393 e. The summed E-state index contributed by atoms with van der Waals surface area (Å²) in [5, 5.41) is 19.4. The highest BCUT2D eigenvalue weighted by atomic mass is 32.3. The van der Waals surface area contributed by atoms with Gasteiger partial charge in [-0.1, -0.05) is 41.5 Å². The van der Waals surface area contributed by atoms with Gasteiger partial charge in [0.15, 0.2) is 0 Å². The predicted molar refractivity (Wildman–Crippen MR) is 178 cm³/mol. The second-order valence-electron chi connectivity index (χ2n) is 16.5. The van der Waals surface area contributed by atoms with Crippen LogP contribution in [0.25, 0.3) is 0 Å². The van der Waals surface area contributed by atoms with Gasteiger partial charge in [-0.3, -0.25) is 4.55 Å². The molecule has 0 spiro atoms. The predicted octanol–water partition coefficient (Wildman–Crippen LogP) is 5.80. The monoisotopic (exact) mass is 641 g/mol. The largest absolute Gasteiger partial charge is 0.397 e. The number of nitrogens with two attached hydrogens (primary N) is 1. The molecule has 44 heavy (non-hydrogen) atoms.